The lowest BCUT2D eigenvalue weighted by molar-refractivity contribution is -0.150. The zero-order valence-electron chi connectivity index (χ0n) is 18.5. The van der Waals surface area contributed by atoms with Crippen LogP contribution in [-0.2, 0) is 19.1 Å². The van der Waals surface area contributed by atoms with Crippen molar-refractivity contribution in [1.82, 2.24) is 9.47 Å². The van der Waals surface area contributed by atoms with Crippen LogP contribution in [0.25, 0.3) is 11.8 Å². The summed E-state index contributed by atoms with van der Waals surface area (Å²) in [5.74, 6) is -1.55. The van der Waals surface area contributed by atoms with E-state index in [1.807, 2.05) is 36.6 Å². The van der Waals surface area contributed by atoms with Gasteiger partial charge >= 0.3 is 11.9 Å². The van der Waals surface area contributed by atoms with Gasteiger partial charge in [-0.25, -0.2) is 9.59 Å². The van der Waals surface area contributed by atoms with Gasteiger partial charge in [0, 0.05) is 17.1 Å². The zero-order chi connectivity index (χ0) is 23.6. The molecule has 2 heterocycles. The molecule has 0 bridgehead atoms. The standard InChI is InChI=1S/C23H24N2O6S/c1-6-31-21(27)15(4)25-20(26)19(32-23(25)29)12-17-11-13(2)24(14(17)3)18-9-7-16(8-10-18)22(28)30-5/h7-12,15H,6H2,1-5H3/b19-12+/t15-/m1/s1. The number of imide groups is 1. The van der Waals surface area contributed by atoms with E-state index in [0.717, 1.165) is 39.3 Å². The number of aromatic nitrogens is 1. The first-order valence-electron chi connectivity index (χ1n) is 10.0. The van der Waals surface area contributed by atoms with Crippen molar-refractivity contribution in [2.75, 3.05) is 13.7 Å². The minimum absolute atomic E-state index is 0.168. The van der Waals surface area contributed by atoms with Crippen LogP contribution in [-0.4, -0.2) is 52.3 Å². The molecule has 1 saturated heterocycles. The molecule has 1 aliphatic rings. The molecule has 0 spiro atoms. The first kappa shape index (κ1) is 23.3. The van der Waals surface area contributed by atoms with Crippen LogP contribution >= 0.6 is 11.8 Å². The van der Waals surface area contributed by atoms with E-state index in [2.05, 4.69) is 0 Å². The molecule has 1 atom stereocenters. The number of amides is 2. The number of hydrogen-bond acceptors (Lipinski definition) is 7. The minimum Gasteiger partial charge on any atom is -0.465 e. The largest absolute Gasteiger partial charge is 0.465 e. The van der Waals surface area contributed by atoms with Gasteiger partial charge in [0.25, 0.3) is 11.1 Å². The van der Waals surface area contributed by atoms with Crippen molar-refractivity contribution in [3.8, 4) is 5.69 Å². The van der Waals surface area contributed by atoms with E-state index in [0.29, 0.717) is 5.56 Å². The van der Waals surface area contributed by atoms with Crippen LogP contribution in [0, 0.1) is 13.8 Å². The SMILES string of the molecule is CCOC(=O)[C@@H](C)N1C(=O)S/C(=C/c2cc(C)n(-c3ccc(C(=O)OC)cc3)c2C)C1=O. The molecule has 0 N–H and O–H groups in total. The summed E-state index contributed by atoms with van der Waals surface area (Å²) in [6.45, 7) is 7.13. The molecule has 8 nitrogen and oxygen atoms in total. The molecule has 1 aromatic heterocycles. The smallest absolute Gasteiger partial charge is 0.337 e. The van der Waals surface area contributed by atoms with E-state index in [1.54, 1.807) is 25.1 Å². The summed E-state index contributed by atoms with van der Waals surface area (Å²) < 4.78 is 11.7. The van der Waals surface area contributed by atoms with E-state index >= 15 is 0 Å². The van der Waals surface area contributed by atoms with Crippen LogP contribution in [0.5, 0.6) is 0 Å². The number of esters is 2. The monoisotopic (exact) mass is 456 g/mol. The number of hydrogen-bond donors (Lipinski definition) is 0. The Morgan fingerprint density at radius 2 is 1.81 bits per heavy atom. The number of methoxy groups -OCH3 is 1. The highest BCUT2D eigenvalue weighted by molar-refractivity contribution is 8.18. The Hall–Kier alpha value is -3.33. The maximum atomic E-state index is 12.8. The lowest BCUT2D eigenvalue weighted by atomic mass is 10.2. The van der Waals surface area contributed by atoms with Crippen molar-refractivity contribution >= 4 is 40.9 Å². The van der Waals surface area contributed by atoms with Gasteiger partial charge in [0.1, 0.15) is 6.04 Å². The van der Waals surface area contributed by atoms with Crippen molar-refractivity contribution in [2.45, 2.75) is 33.7 Å². The Bertz CT molecular complexity index is 1120. The third kappa shape index (κ3) is 4.34. The molecule has 3 rings (SSSR count). The summed E-state index contributed by atoms with van der Waals surface area (Å²) in [5.41, 5.74) is 3.84. The Labute approximate surface area is 190 Å². The number of carbonyl (C=O) groups is 4. The molecule has 0 radical (unpaired) electrons. The first-order chi connectivity index (χ1) is 15.2. The van der Waals surface area contributed by atoms with Crippen LogP contribution in [0.2, 0.25) is 0 Å². The summed E-state index contributed by atoms with van der Waals surface area (Å²) >= 11 is 0.798. The third-order valence-electron chi connectivity index (χ3n) is 5.14. The van der Waals surface area contributed by atoms with Gasteiger partial charge in [0.2, 0.25) is 0 Å². The van der Waals surface area contributed by atoms with Gasteiger partial charge in [-0.2, -0.15) is 0 Å². The Morgan fingerprint density at radius 3 is 2.41 bits per heavy atom. The normalized spacial score (nSPS) is 15.9. The van der Waals surface area contributed by atoms with Crippen molar-refractivity contribution in [1.29, 1.82) is 0 Å². The summed E-state index contributed by atoms with van der Waals surface area (Å²) in [7, 11) is 1.33. The van der Waals surface area contributed by atoms with E-state index < -0.39 is 29.1 Å². The summed E-state index contributed by atoms with van der Waals surface area (Å²) in [6.07, 6.45) is 1.66. The number of aryl methyl sites for hydroxylation is 1. The van der Waals surface area contributed by atoms with Crippen LogP contribution in [0.1, 0.15) is 41.2 Å². The van der Waals surface area contributed by atoms with E-state index in [4.69, 9.17) is 9.47 Å². The fourth-order valence-electron chi connectivity index (χ4n) is 3.52. The van der Waals surface area contributed by atoms with E-state index in [-0.39, 0.29) is 11.5 Å². The average molecular weight is 457 g/mol. The van der Waals surface area contributed by atoms with Gasteiger partial charge in [-0.15, -0.1) is 0 Å². The topological polar surface area (TPSA) is 94.9 Å². The highest BCUT2D eigenvalue weighted by Gasteiger charge is 2.41. The number of rotatable bonds is 6. The molecule has 1 aromatic carbocycles. The summed E-state index contributed by atoms with van der Waals surface area (Å²) in [4.78, 5) is 50.1. The molecular weight excluding hydrogens is 432 g/mol. The summed E-state index contributed by atoms with van der Waals surface area (Å²) in [5, 5.41) is -0.506. The van der Waals surface area contributed by atoms with Gasteiger partial charge in [-0.05, 0) is 81.4 Å². The first-order valence-corrected chi connectivity index (χ1v) is 10.8. The molecule has 0 saturated carbocycles. The zero-order valence-corrected chi connectivity index (χ0v) is 19.3. The van der Waals surface area contributed by atoms with Crippen LogP contribution in [0.15, 0.2) is 35.2 Å². The van der Waals surface area contributed by atoms with Gasteiger partial charge in [-0.3, -0.25) is 14.5 Å². The summed E-state index contributed by atoms with van der Waals surface area (Å²) in [6, 6.07) is 7.90. The average Bonchev–Trinajstić information content (AvgIpc) is 3.21. The molecule has 2 aromatic rings. The van der Waals surface area contributed by atoms with E-state index in [9.17, 15) is 19.2 Å². The predicted molar refractivity (Wildman–Crippen MR) is 120 cm³/mol. The number of thioether (sulfide) groups is 1. The Morgan fingerprint density at radius 1 is 1.16 bits per heavy atom. The van der Waals surface area contributed by atoms with Crippen LogP contribution < -0.4 is 0 Å². The maximum Gasteiger partial charge on any atom is 0.337 e. The number of ether oxygens (including phenoxy) is 2. The fraction of sp³-hybridized carbons (Fsp3) is 0.304. The van der Waals surface area contributed by atoms with Gasteiger partial charge in [-0.1, -0.05) is 0 Å². The molecule has 168 valence electrons. The van der Waals surface area contributed by atoms with Crippen molar-refractivity contribution in [3.63, 3.8) is 0 Å². The highest BCUT2D eigenvalue weighted by Crippen LogP contribution is 2.35. The molecule has 9 heteroatoms. The second kappa shape index (κ2) is 9.44. The second-order valence-corrected chi connectivity index (χ2v) is 8.17. The molecule has 0 unspecified atom stereocenters. The maximum absolute atomic E-state index is 12.8. The van der Waals surface area contributed by atoms with E-state index in [1.165, 1.54) is 14.0 Å². The number of benzene rings is 1. The predicted octanol–water partition coefficient (Wildman–Crippen LogP) is 3.87. The molecule has 32 heavy (non-hydrogen) atoms. The minimum atomic E-state index is -0.992. The fourth-order valence-corrected chi connectivity index (χ4v) is 4.42. The van der Waals surface area contributed by atoms with Gasteiger partial charge in [0.05, 0.1) is 24.2 Å². The third-order valence-corrected chi connectivity index (χ3v) is 6.03. The Kier molecular flexibility index (Phi) is 6.88. The van der Waals surface area contributed by atoms with Crippen molar-refractivity contribution in [3.05, 3.63) is 57.8 Å². The molecule has 1 fully saturated rings. The highest BCUT2D eigenvalue weighted by atomic mass is 32.2. The van der Waals surface area contributed by atoms with Crippen LogP contribution in [0.4, 0.5) is 4.79 Å². The van der Waals surface area contributed by atoms with Crippen LogP contribution in [0.3, 0.4) is 0 Å². The quantitative estimate of drug-likeness (QED) is 0.481. The lowest BCUT2D eigenvalue weighted by Gasteiger charge is -2.19. The molecular formula is C23H24N2O6S. The number of nitrogens with zero attached hydrogens (tertiary/aromatic N) is 2. The lowest BCUT2D eigenvalue weighted by Crippen LogP contribution is -2.42. The molecule has 2 amide bonds. The van der Waals surface area contributed by atoms with Gasteiger partial charge in [0.15, 0.2) is 0 Å². The second-order valence-electron chi connectivity index (χ2n) is 7.18. The van der Waals surface area contributed by atoms with Gasteiger partial charge < -0.3 is 14.0 Å². The number of carbonyl (C=O) groups excluding carboxylic acids is 4. The van der Waals surface area contributed by atoms with Crippen molar-refractivity contribution in [2.24, 2.45) is 0 Å². The van der Waals surface area contributed by atoms with Crippen molar-refractivity contribution < 1.29 is 28.7 Å². The molecule has 1 aliphatic heterocycles. The molecule has 0 aliphatic carbocycles. The Balaban J connectivity index is 1.90.